The minimum Gasteiger partial charge on any atom is -0.324 e. The van der Waals surface area contributed by atoms with Gasteiger partial charge in [0.2, 0.25) is 5.91 Å². The normalized spacial score (nSPS) is 11.9. The third-order valence-corrected chi connectivity index (χ3v) is 5.00. The number of hydrogen-bond donors (Lipinski definition) is 1. The van der Waals surface area contributed by atoms with Crippen molar-refractivity contribution in [3.8, 4) is 11.3 Å². The van der Waals surface area contributed by atoms with Gasteiger partial charge in [-0.2, -0.15) is 5.10 Å². The van der Waals surface area contributed by atoms with Gasteiger partial charge in [0.1, 0.15) is 6.04 Å². The van der Waals surface area contributed by atoms with Crippen LogP contribution in [0.1, 0.15) is 30.5 Å². The van der Waals surface area contributed by atoms with Crippen LogP contribution in [0.5, 0.6) is 0 Å². The van der Waals surface area contributed by atoms with Gasteiger partial charge in [-0.1, -0.05) is 54.4 Å². The lowest BCUT2D eigenvalue weighted by Crippen LogP contribution is -2.34. The number of nitrogens with zero attached hydrogens (tertiary/aromatic N) is 2. The molecule has 3 rings (SSSR count). The van der Waals surface area contributed by atoms with Gasteiger partial charge < -0.3 is 5.32 Å². The first-order valence-corrected chi connectivity index (χ1v) is 9.50. The molecule has 2 aromatic carbocycles. The summed E-state index contributed by atoms with van der Waals surface area (Å²) in [5.74, 6) is -0.307. The van der Waals surface area contributed by atoms with E-state index in [-0.39, 0.29) is 11.5 Å². The molecule has 0 radical (unpaired) electrons. The molecule has 6 heteroatoms. The highest BCUT2D eigenvalue weighted by Gasteiger charge is 2.21. The van der Waals surface area contributed by atoms with Crippen LogP contribution in [0, 0.1) is 13.8 Å². The zero-order valence-electron chi connectivity index (χ0n) is 16.1. The zero-order chi connectivity index (χ0) is 20.3. The summed E-state index contributed by atoms with van der Waals surface area (Å²) in [5.41, 5.74) is 3.86. The van der Waals surface area contributed by atoms with Crippen LogP contribution in [-0.4, -0.2) is 15.7 Å². The molecular weight excluding hydrogens is 374 g/mol. The molecule has 1 N–H and O–H groups in total. The summed E-state index contributed by atoms with van der Waals surface area (Å²) >= 11 is 6.13. The van der Waals surface area contributed by atoms with Crippen LogP contribution in [0.4, 0.5) is 5.69 Å². The number of rotatable bonds is 5. The van der Waals surface area contributed by atoms with Crippen molar-refractivity contribution in [1.82, 2.24) is 9.78 Å². The average Bonchev–Trinajstić information content (AvgIpc) is 2.67. The molecule has 28 heavy (non-hydrogen) atoms. The van der Waals surface area contributed by atoms with Gasteiger partial charge in [0.15, 0.2) is 0 Å². The summed E-state index contributed by atoms with van der Waals surface area (Å²) < 4.78 is 1.25. The van der Waals surface area contributed by atoms with Crippen LogP contribution >= 0.6 is 11.6 Å². The van der Waals surface area contributed by atoms with E-state index < -0.39 is 6.04 Å². The molecule has 1 heterocycles. The second kappa shape index (κ2) is 8.40. The minimum atomic E-state index is -0.724. The number of amides is 1. The lowest BCUT2D eigenvalue weighted by molar-refractivity contribution is -0.119. The van der Waals surface area contributed by atoms with Gasteiger partial charge in [0, 0.05) is 22.3 Å². The smallest absolute Gasteiger partial charge is 0.267 e. The summed E-state index contributed by atoms with van der Waals surface area (Å²) in [7, 11) is 0. The van der Waals surface area contributed by atoms with Crippen molar-refractivity contribution in [3.05, 3.63) is 81.1 Å². The topological polar surface area (TPSA) is 64.0 Å². The van der Waals surface area contributed by atoms with Crippen molar-refractivity contribution >= 4 is 23.2 Å². The molecule has 0 saturated heterocycles. The number of benzene rings is 2. The van der Waals surface area contributed by atoms with Crippen LogP contribution < -0.4 is 10.9 Å². The summed E-state index contributed by atoms with van der Waals surface area (Å²) in [6.45, 7) is 5.74. The summed E-state index contributed by atoms with van der Waals surface area (Å²) in [6, 6.07) is 15.6. The van der Waals surface area contributed by atoms with Crippen molar-refractivity contribution in [2.24, 2.45) is 0 Å². The van der Waals surface area contributed by atoms with Crippen molar-refractivity contribution in [1.29, 1.82) is 0 Å². The highest BCUT2D eigenvalue weighted by molar-refractivity contribution is 6.31. The van der Waals surface area contributed by atoms with Crippen molar-refractivity contribution in [2.45, 2.75) is 33.2 Å². The van der Waals surface area contributed by atoms with Crippen LogP contribution in [0.25, 0.3) is 11.3 Å². The molecule has 0 unspecified atom stereocenters. The van der Waals surface area contributed by atoms with Crippen LogP contribution in [-0.2, 0) is 4.79 Å². The first kappa shape index (κ1) is 19.8. The van der Waals surface area contributed by atoms with E-state index in [2.05, 4.69) is 10.4 Å². The van der Waals surface area contributed by atoms with Gasteiger partial charge in [-0.3, -0.25) is 9.59 Å². The Morgan fingerprint density at radius 3 is 2.46 bits per heavy atom. The molecule has 0 fully saturated rings. The van der Waals surface area contributed by atoms with E-state index in [4.69, 9.17) is 11.6 Å². The fourth-order valence-electron chi connectivity index (χ4n) is 2.89. The molecule has 0 aliphatic rings. The number of anilines is 1. The van der Waals surface area contributed by atoms with Gasteiger partial charge in [0.05, 0.1) is 5.69 Å². The Hall–Kier alpha value is -2.92. The van der Waals surface area contributed by atoms with Gasteiger partial charge >= 0.3 is 0 Å². The largest absolute Gasteiger partial charge is 0.324 e. The Morgan fingerprint density at radius 1 is 1.11 bits per heavy atom. The van der Waals surface area contributed by atoms with Crippen LogP contribution in [0.2, 0.25) is 5.02 Å². The SMILES string of the molecule is CC[C@@H](C(=O)Nc1ccc(C)c(Cl)c1)n1nc(-c2ccc(C)cc2)ccc1=O. The number of aromatic nitrogens is 2. The summed E-state index contributed by atoms with van der Waals surface area (Å²) in [4.78, 5) is 25.2. The van der Waals surface area contributed by atoms with E-state index in [0.717, 1.165) is 16.7 Å². The van der Waals surface area contributed by atoms with E-state index in [1.165, 1.54) is 10.7 Å². The van der Waals surface area contributed by atoms with E-state index >= 15 is 0 Å². The highest BCUT2D eigenvalue weighted by Crippen LogP contribution is 2.22. The second-order valence-corrected chi connectivity index (χ2v) is 7.15. The molecule has 1 aromatic heterocycles. The second-order valence-electron chi connectivity index (χ2n) is 6.74. The number of aryl methyl sites for hydroxylation is 2. The molecule has 1 atom stereocenters. The fourth-order valence-corrected chi connectivity index (χ4v) is 3.07. The molecule has 0 bridgehead atoms. The van der Waals surface area contributed by atoms with Crippen molar-refractivity contribution in [3.63, 3.8) is 0 Å². The molecule has 3 aromatic rings. The molecule has 0 saturated carbocycles. The Labute approximate surface area is 169 Å². The molecule has 5 nitrogen and oxygen atoms in total. The Bertz CT molecular complexity index is 1060. The quantitative estimate of drug-likeness (QED) is 0.676. The maximum Gasteiger partial charge on any atom is 0.267 e. The number of carbonyl (C=O) groups excluding carboxylic acids is 1. The van der Waals surface area contributed by atoms with Gasteiger partial charge in [-0.25, -0.2) is 4.68 Å². The van der Waals surface area contributed by atoms with Crippen LogP contribution in [0.3, 0.4) is 0 Å². The Morgan fingerprint density at radius 2 is 1.82 bits per heavy atom. The fraction of sp³-hybridized carbons (Fsp3) is 0.227. The first-order valence-electron chi connectivity index (χ1n) is 9.13. The maximum absolute atomic E-state index is 12.8. The molecule has 0 aliphatic heterocycles. The Balaban J connectivity index is 1.91. The third-order valence-electron chi connectivity index (χ3n) is 4.60. The first-order chi connectivity index (χ1) is 13.4. The van der Waals surface area contributed by atoms with Gasteiger partial charge in [0.25, 0.3) is 5.56 Å². The van der Waals surface area contributed by atoms with Gasteiger partial charge in [-0.15, -0.1) is 0 Å². The summed E-state index contributed by atoms with van der Waals surface area (Å²) in [5, 5.41) is 7.86. The van der Waals surface area contributed by atoms with Gasteiger partial charge in [-0.05, 0) is 44.0 Å². The van der Waals surface area contributed by atoms with E-state index in [9.17, 15) is 9.59 Å². The van der Waals surface area contributed by atoms with E-state index in [0.29, 0.717) is 22.8 Å². The number of hydrogen-bond acceptors (Lipinski definition) is 3. The standard InChI is InChI=1S/C22H22ClN3O2/c1-4-20(22(28)24-17-10-7-15(3)18(23)13-17)26-21(27)12-11-19(25-26)16-8-5-14(2)6-9-16/h5-13,20H,4H2,1-3H3,(H,24,28)/t20-/m0/s1. The van der Waals surface area contributed by atoms with E-state index in [1.54, 1.807) is 18.2 Å². The lowest BCUT2D eigenvalue weighted by atomic mass is 10.1. The average molecular weight is 396 g/mol. The third kappa shape index (κ3) is 4.31. The maximum atomic E-state index is 12.8. The molecule has 0 aliphatic carbocycles. The number of carbonyl (C=O) groups is 1. The van der Waals surface area contributed by atoms with Crippen LogP contribution in [0.15, 0.2) is 59.4 Å². The Kier molecular flexibility index (Phi) is 5.95. The predicted octanol–water partition coefficient (Wildman–Crippen LogP) is 4.77. The lowest BCUT2D eigenvalue weighted by Gasteiger charge is -2.18. The summed E-state index contributed by atoms with van der Waals surface area (Å²) in [6.07, 6.45) is 0.426. The molecular formula is C22H22ClN3O2. The zero-order valence-corrected chi connectivity index (χ0v) is 16.8. The van der Waals surface area contributed by atoms with Crippen molar-refractivity contribution in [2.75, 3.05) is 5.32 Å². The van der Waals surface area contributed by atoms with Crippen molar-refractivity contribution < 1.29 is 4.79 Å². The monoisotopic (exact) mass is 395 g/mol. The minimum absolute atomic E-state index is 0.307. The molecule has 144 valence electrons. The number of halogens is 1. The highest BCUT2D eigenvalue weighted by atomic mass is 35.5. The predicted molar refractivity (Wildman–Crippen MR) is 113 cm³/mol. The van der Waals surface area contributed by atoms with E-state index in [1.807, 2.05) is 51.1 Å². The molecule has 0 spiro atoms. The molecule has 1 amide bonds. The number of nitrogens with one attached hydrogen (secondary N) is 1.